The molecule has 0 nitrogen and oxygen atoms in total. The molecule has 0 aliphatic carbocycles. The quantitative estimate of drug-likeness (QED) is 0.604. The van der Waals surface area contributed by atoms with E-state index in [-0.39, 0.29) is 0 Å². The van der Waals surface area contributed by atoms with Crippen LogP contribution in [0.25, 0.3) is 0 Å². The molecule has 0 bridgehead atoms. The maximum absolute atomic E-state index is 3.88. The van der Waals surface area contributed by atoms with E-state index in [2.05, 4.69) is 44.7 Å². The van der Waals surface area contributed by atoms with Crippen LogP contribution in [0.15, 0.2) is 36.9 Å². The zero-order chi connectivity index (χ0) is 9.68. The van der Waals surface area contributed by atoms with Gasteiger partial charge in [0.1, 0.15) is 0 Å². The average molecular weight is 174 g/mol. The van der Waals surface area contributed by atoms with Gasteiger partial charge in [-0.1, -0.05) is 49.2 Å². The van der Waals surface area contributed by atoms with Crippen LogP contribution in [0, 0.1) is 6.92 Å². The predicted octanol–water partition coefficient (Wildman–Crippen LogP) is 4.06. The first-order chi connectivity index (χ1) is 6.27. The third-order valence-electron chi connectivity index (χ3n) is 2.39. The van der Waals surface area contributed by atoms with Crippen molar-refractivity contribution in [1.82, 2.24) is 0 Å². The van der Waals surface area contributed by atoms with E-state index in [9.17, 15) is 0 Å². The maximum atomic E-state index is 3.88. The molecule has 0 heterocycles. The van der Waals surface area contributed by atoms with Crippen LogP contribution in [-0.4, -0.2) is 0 Å². The molecular formula is C13H18. The first kappa shape index (κ1) is 10.0. The van der Waals surface area contributed by atoms with Gasteiger partial charge in [-0.2, -0.15) is 0 Å². The Morgan fingerprint density at radius 2 is 1.92 bits per heavy atom. The van der Waals surface area contributed by atoms with Crippen molar-refractivity contribution in [2.75, 3.05) is 0 Å². The first-order valence-electron chi connectivity index (χ1n) is 4.97. The van der Waals surface area contributed by atoms with Crippen LogP contribution in [0.1, 0.15) is 36.8 Å². The minimum Gasteiger partial charge on any atom is -0.102 e. The van der Waals surface area contributed by atoms with Crippen molar-refractivity contribution >= 4 is 0 Å². The normalized spacial score (nSPS) is 12.5. The monoisotopic (exact) mass is 174 g/mol. The van der Waals surface area contributed by atoms with E-state index >= 15 is 0 Å². The van der Waals surface area contributed by atoms with Gasteiger partial charge in [0.25, 0.3) is 0 Å². The van der Waals surface area contributed by atoms with Crippen molar-refractivity contribution < 1.29 is 0 Å². The second-order valence-corrected chi connectivity index (χ2v) is 3.54. The van der Waals surface area contributed by atoms with Gasteiger partial charge < -0.3 is 0 Å². The van der Waals surface area contributed by atoms with Crippen LogP contribution in [0.5, 0.6) is 0 Å². The summed E-state index contributed by atoms with van der Waals surface area (Å²) in [7, 11) is 0. The lowest BCUT2D eigenvalue weighted by Gasteiger charge is -2.11. The molecule has 0 heteroatoms. The second-order valence-electron chi connectivity index (χ2n) is 3.54. The van der Waals surface area contributed by atoms with Gasteiger partial charge >= 0.3 is 0 Å². The van der Waals surface area contributed by atoms with Gasteiger partial charge in [0, 0.05) is 5.92 Å². The molecule has 0 saturated carbocycles. The SMILES string of the molecule is C=CC(CCC)c1ccc(C)cc1. The zero-order valence-corrected chi connectivity index (χ0v) is 8.59. The van der Waals surface area contributed by atoms with Crippen LogP contribution in [0.4, 0.5) is 0 Å². The topological polar surface area (TPSA) is 0 Å². The summed E-state index contributed by atoms with van der Waals surface area (Å²) in [6, 6.07) is 8.75. The minimum atomic E-state index is 0.533. The standard InChI is InChI=1S/C13H18/c1-4-6-12(5-2)13-9-7-11(3)8-10-13/h5,7-10,12H,2,4,6H2,1,3H3. The van der Waals surface area contributed by atoms with Crippen LogP contribution in [-0.2, 0) is 0 Å². The highest BCUT2D eigenvalue weighted by Gasteiger charge is 2.04. The van der Waals surface area contributed by atoms with Crippen molar-refractivity contribution in [3.63, 3.8) is 0 Å². The first-order valence-corrected chi connectivity index (χ1v) is 4.97. The van der Waals surface area contributed by atoms with E-state index in [1.807, 2.05) is 6.08 Å². The summed E-state index contributed by atoms with van der Waals surface area (Å²) in [5.41, 5.74) is 2.71. The highest BCUT2D eigenvalue weighted by Crippen LogP contribution is 2.22. The van der Waals surface area contributed by atoms with Gasteiger partial charge in [0.2, 0.25) is 0 Å². The molecule has 0 aliphatic rings. The molecular weight excluding hydrogens is 156 g/mol. The third-order valence-corrected chi connectivity index (χ3v) is 2.39. The number of hydrogen-bond acceptors (Lipinski definition) is 0. The molecule has 0 aromatic heterocycles. The number of hydrogen-bond donors (Lipinski definition) is 0. The summed E-state index contributed by atoms with van der Waals surface area (Å²) in [4.78, 5) is 0. The highest BCUT2D eigenvalue weighted by molar-refractivity contribution is 5.26. The molecule has 0 aliphatic heterocycles. The summed E-state index contributed by atoms with van der Waals surface area (Å²) < 4.78 is 0. The lowest BCUT2D eigenvalue weighted by Crippen LogP contribution is -1.93. The molecule has 1 unspecified atom stereocenters. The van der Waals surface area contributed by atoms with Crippen molar-refractivity contribution in [2.24, 2.45) is 0 Å². The van der Waals surface area contributed by atoms with Crippen LogP contribution < -0.4 is 0 Å². The van der Waals surface area contributed by atoms with Crippen LogP contribution >= 0.6 is 0 Å². The van der Waals surface area contributed by atoms with Gasteiger partial charge in [0.15, 0.2) is 0 Å². The molecule has 1 aromatic carbocycles. The number of aryl methyl sites for hydroxylation is 1. The molecule has 13 heavy (non-hydrogen) atoms. The summed E-state index contributed by atoms with van der Waals surface area (Å²) in [5, 5.41) is 0. The van der Waals surface area contributed by atoms with E-state index in [0.29, 0.717) is 5.92 Å². The zero-order valence-electron chi connectivity index (χ0n) is 8.59. The molecule has 1 rings (SSSR count). The van der Waals surface area contributed by atoms with E-state index in [4.69, 9.17) is 0 Å². The van der Waals surface area contributed by atoms with Crippen molar-refractivity contribution in [1.29, 1.82) is 0 Å². The third kappa shape index (κ3) is 2.73. The minimum absolute atomic E-state index is 0.533. The fourth-order valence-electron chi connectivity index (χ4n) is 1.55. The molecule has 1 aromatic rings. The Balaban J connectivity index is 2.79. The second kappa shape index (κ2) is 4.86. The molecule has 0 radical (unpaired) electrons. The lowest BCUT2D eigenvalue weighted by atomic mass is 9.94. The molecule has 0 fully saturated rings. The summed E-state index contributed by atoms with van der Waals surface area (Å²) in [6.45, 7) is 8.21. The van der Waals surface area contributed by atoms with Gasteiger partial charge in [-0.25, -0.2) is 0 Å². The Morgan fingerprint density at radius 1 is 1.31 bits per heavy atom. The smallest absolute Gasteiger partial charge is 0.00151 e. The van der Waals surface area contributed by atoms with Crippen LogP contribution in [0.2, 0.25) is 0 Å². The fraction of sp³-hybridized carbons (Fsp3) is 0.385. The van der Waals surface area contributed by atoms with Gasteiger partial charge in [-0.05, 0) is 18.9 Å². The molecule has 0 N–H and O–H groups in total. The molecule has 1 atom stereocenters. The predicted molar refractivity (Wildman–Crippen MR) is 59.0 cm³/mol. The van der Waals surface area contributed by atoms with E-state index < -0.39 is 0 Å². The van der Waals surface area contributed by atoms with Crippen LogP contribution in [0.3, 0.4) is 0 Å². The summed E-state index contributed by atoms with van der Waals surface area (Å²) in [5.74, 6) is 0.533. The Morgan fingerprint density at radius 3 is 2.38 bits per heavy atom. The summed E-state index contributed by atoms with van der Waals surface area (Å²) in [6.07, 6.45) is 4.46. The van der Waals surface area contributed by atoms with Gasteiger partial charge in [-0.3, -0.25) is 0 Å². The average Bonchev–Trinajstić information content (AvgIpc) is 2.16. The Kier molecular flexibility index (Phi) is 3.75. The van der Waals surface area contributed by atoms with Gasteiger partial charge in [-0.15, -0.1) is 6.58 Å². The Bertz CT molecular complexity index is 256. The van der Waals surface area contributed by atoms with Crippen molar-refractivity contribution in [2.45, 2.75) is 32.6 Å². The largest absolute Gasteiger partial charge is 0.102 e. The van der Waals surface area contributed by atoms with E-state index in [0.717, 1.165) is 0 Å². The van der Waals surface area contributed by atoms with Crippen molar-refractivity contribution in [3.05, 3.63) is 48.0 Å². The van der Waals surface area contributed by atoms with Crippen molar-refractivity contribution in [3.8, 4) is 0 Å². The van der Waals surface area contributed by atoms with Gasteiger partial charge in [0.05, 0.1) is 0 Å². The molecule has 0 saturated heterocycles. The van der Waals surface area contributed by atoms with E-state index in [1.165, 1.54) is 24.0 Å². The molecule has 0 amide bonds. The Labute approximate surface area is 81.3 Å². The maximum Gasteiger partial charge on any atom is 0.00151 e. The molecule has 70 valence electrons. The fourth-order valence-corrected chi connectivity index (χ4v) is 1.55. The molecule has 0 spiro atoms. The Hall–Kier alpha value is -1.04. The number of rotatable bonds is 4. The van der Waals surface area contributed by atoms with E-state index in [1.54, 1.807) is 0 Å². The number of allylic oxidation sites excluding steroid dienone is 1. The highest BCUT2D eigenvalue weighted by atomic mass is 14.1. The summed E-state index contributed by atoms with van der Waals surface area (Å²) >= 11 is 0. The lowest BCUT2D eigenvalue weighted by molar-refractivity contribution is 0.718. The number of benzene rings is 1.